The number of aromatic nitrogens is 3. The zero-order chi connectivity index (χ0) is 29.8. The second-order valence-electron chi connectivity index (χ2n) is 9.69. The summed E-state index contributed by atoms with van der Waals surface area (Å²) >= 11 is 6.07. The van der Waals surface area contributed by atoms with Crippen LogP contribution >= 0.6 is 11.6 Å². The van der Waals surface area contributed by atoms with E-state index >= 15 is 0 Å². The van der Waals surface area contributed by atoms with Crippen molar-refractivity contribution in [1.29, 1.82) is 0 Å². The second-order valence-corrected chi connectivity index (χ2v) is 10.1. The van der Waals surface area contributed by atoms with Crippen LogP contribution in [0.1, 0.15) is 37.3 Å². The van der Waals surface area contributed by atoms with Crippen LogP contribution in [-0.2, 0) is 9.53 Å². The van der Waals surface area contributed by atoms with Gasteiger partial charge < -0.3 is 33.4 Å². The molecule has 1 aliphatic heterocycles. The minimum atomic E-state index is -1.41. The van der Waals surface area contributed by atoms with Crippen molar-refractivity contribution < 1.29 is 38.1 Å². The quantitative estimate of drug-likeness (QED) is 0.210. The molecule has 1 aliphatic rings. The molecule has 0 spiro atoms. The molecule has 0 radical (unpaired) electrons. The molecule has 0 aliphatic carbocycles. The van der Waals surface area contributed by atoms with Crippen LogP contribution in [-0.4, -0.2) is 63.0 Å². The largest absolute Gasteiger partial charge is 0.507 e. The number of oxazole rings is 1. The molecule has 2 aromatic carbocycles. The average molecular weight is 597 g/mol. The molecular weight excluding hydrogens is 568 g/mol. The van der Waals surface area contributed by atoms with Crippen LogP contribution in [0.2, 0.25) is 5.02 Å². The first kappa shape index (κ1) is 28.9. The van der Waals surface area contributed by atoms with Crippen molar-refractivity contribution >= 4 is 34.9 Å². The minimum Gasteiger partial charge on any atom is -0.483 e. The Morgan fingerprint density at radius 3 is 2.62 bits per heavy atom. The summed E-state index contributed by atoms with van der Waals surface area (Å²) in [5, 5.41) is 9.43. The molecule has 3 heterocycles. The molecule has 1 fully saturated rings. The first-order valence-corrected chi connectivity index (χ1v) is 13.8. The number of ether oxygens (including phenoxy) is 4. The maximum atomic E-state index is 12.7. The van der Waals surface area contributed by atoms with Crippen molar-refractivity contribution in [1.82, 2.24) is 19.9 Å². The van der Waals surface area contributed by atoms with Crippen LogP contribution in [0.3, 0.4) is 0 Å². The van der Waals surface area contributed by atoms with Gasteiger partial charge in [-0.3, -0.25) is 4.79 Å². The van der Waals surface area contributed by atoms with Crippen LogP contribution < -0.4 is 14.2 Å². The van der Waals surface area contributed by atoms with Gasteiger partial charge in [0.2, 0.25) is 5.89 Å². The third-order valence-corrected chi connectivity index (χ3v) is 6.69. The molecule has 220 valence electrons. The van der Waals surface area contributed by atoms with Gasteiger partial charge in [0, 0.05) is 23.6 Å². The third kappa shape index (κ3) is 6.49. The van der Waals surface area contributed by atoms with E-state index in [1.807, 2.05) is 32.9 Å². The molecular formula is C29H29ClN4O8. The Morgan fingerprint density at radius 2 is 1.90 bits per heavy atom. The number of hydrogen-bond donors (Lipinski definition) is 1. The van der Waals surface area contributed by atoms with E-state index in [0.717, 1.165) is 17.5 Å². The predicted molar refractivity (Wildman–Crippen MR) is 151 cm³/mol. The van der Waals surface area contributed by atoms with Gasteiger partial charge in [0.1, 0.15) is 11.5 Å². The Morgan fingerprint density at radius 1 is 1.12 bits per heavy atom. The molecule has 13 heteroatoms. The number of amides is 1. The van der Waals surface area contributed by atoms with Crippen LogP contribution in [0.4, 0.5) is 4.79 Å². The number of benzene rings is 2. The molecule has 4 aromatic rings. The maximum absolute atomic E-state index is 12.7. The van der Waals surface area contributed by atoms with E-state index in [9.17, 15) is 9.59 Å². The second kappa shape index (κ2) is 12.5. The number of nitrogens with zero attached hydrogens (tertiary/aromatic N) is 4. The average Bonchev–Trinajstić information content (AvgIpc) is 3.58. The summed E-state index contributed by atoms with van der Waals surface area (Å²) in [5.41, 5.74) is 2.70. The fourth-order valence-electron chi connectivity index (χ4n) is 4.66. The van der Waals surface area contributed by atoms with Gasteiger partial charge in [-0.25, -0.2) is 9.78 Å². The molecule has 12 nitrogen and oxygen atoms in total. The smallest absolute Gasteiger partial charge is 0.483 e. The van der Waals surface area contributed by atoms with Gasteiger partial charge in [0.05, 0.1) is 6.61 Å². The zero-order valence-electron chi connectivity index (χ0n) is 23.3. The highest BCUT2D eigenvalue weighted by Crippen LogP contribution is 2.34. The Bertz CT molecular complexity index is 1600. The Labute approximate surface area is 246 Å². The summed E-state index contributed by atoms with van der Waals surface area (Å²) in [6.45, 7) is 6.23. The van der Waals surface area contributed by atoms with E-state index in [1.165, 1.54) is 4.90 Å². The monoisotopic (exact) mass is 596 g/mol. The number of fused-ring (bicyclic) bond motifs is 1. The van der Waals surface area contributed by atoms with Gasteiger partial charge >= 0.3 is 12.2 Å². The molecule has 0 unspecified atom stereocenters. The third-order valence-electron chi connectivity index (χ3n) is 6.46. The van der Waals surface area contributed by atoms with E-state index < -0.39 is 12.4 Å². The molecule has 0 saturated carbocycles. The summed E-state index contributed by atoms with van der Waals surface area (Å²) in [4.78, 5) is 38.5. The SMILES string of the molecule is CCCOc1nc(Oc2cccc(Cl)c2)nc2oc(-c3cc(C)c(OCC(=O)N4CCC[C@@H]4OC(=O)O)c(C)c3)nc12. The fourth-order valence-corrected chi connectivity index (χ4v) is 4.84. The van der Waals surface area contributed by atoms with Gasteiger partial charge in [-0.15, -0.1) is 0 Å². The molecule has 1 atom stereocenters. The van der Waals surface area contributed by atoms with Crippen molar-refractivity contribution in [3.05, 3.63) is 52.5 Å². The van der Waals surface area contributed by atoms with Crippen molar-refractivity contribution in [2.24, 2.45) is 0 Å². The number of likely N-dealkylation sites (tertiary alicyclic amines) is 1. The minimum absolute atomic E-state index is 0.0216. The molecule has 42 heavy (non-hydrogen) atoms. The molecule has 2 aromatic heterocycles. The van der Waals surface area contributed by atoms with Crippen molar-refractivity contribution in [2.45, 2.75) is 46.3 Å². The standard InChI is InChI=1S/C29H29ClN4O8/c1-4-11-38-26-23-27(33-28(32-26)40-20-8-5-7-19(30)14-20)42-25(31-23)18-12-16(2)24(17(3)13-18)39-15-21(35)34-10-6-9-22(34)41-29(36)37/h5,7-8,12-14,22H,4,6,9-11,15H2,1-3H3,(H,36,37)/t22-/m0/s1. The summed E-state index contributed by atoms with van der Waals surface area (Å²) in [6.07, 6.45) is -0.340. The van der Waals surface area contributed by atoms with E-state index in [-0.39, 0.29) is 30.1 Å². The summed E-state index contributed by atoms with van der Waals surface area (Å²) in [6, 6.07) is 10.5. The Hall–Kier alpha value is -4.58. The number of carbonyl (C=O) groups is 2. The highest BCUT2D eigenvalue weighted by molar-refractivity contribution is 6.30. The number of halogens is 1. The van der Waals surface area contributed by atoms with Crippen LogP contribution in [0.15, 0.2) is 40.8 Å². The van der Waals surface area contributed by atoms with Crippen LogP contribution in [0.25, 0.3) is 22.7 Å². The lowest BCUT2D eigenvalue weighted by atomic mass is 10.1. The number of hydrogen-bond acceptors (Lipinski definition) is 10. The summed E-state index contributed by atoms with van der Waals surface area (Å²) < 4.78 is 28.4. The van der Waals surface area contributed by atoms with Crippen molar-refractivity contribution in [3.8, 4) is 34.8 Å². The normalized spacial score (nSPS) is 14.7. The van der Waals surface area contributed by atoms with E-state index in [4.69, 9.17) is 40.1 Å². The van der Waals surface area contributed by atoms with Crippen molar-refractivity contribution in [2.75, 3.05) is 19.8 Å². The van der Waals surface area contributed by atoms with E-state index in [2.05, 4.69) is 15.0 Å². The lowest BCUT2D eigenvalue weighted by molar-refractivity contribution is -0.141. The van der Waals surface area contributed by atoms with Gasteiger partial charge in [-0.2, -0.15) is 9.97 Å². The maximum Gasteiger partial charge on any atom is 0.507 e. The first-order valence-electron chi connectivity index (χ1n) is 13.4. The lowest BCUT2D eigenvalue weighted by Gasteiger charge is -2.23. The van der Waals surface area contributed by atoms with Gasteiger partial charge in [0.25, 0.3) is 17.5 Å². The Balaban J connectivity index is 1.38. The first-order chi connectivity index (χ1) is 20.2. The van der Waals surface area contributed by atoms with Gasteiger partial charge in [-0.05, 0) is 68.1 Å². The van der Waals surface area contributed by atoms with E-state index in [0.29, 0.717) is 59.5 Å². The van der Waals surface area contributed by atoms with Gasteiger partial charge in [0.15, 0.2) is 18.4 Å². The van der Waals surface area contributed by atoms with Crippen LogP contribution in [0.5, 0.6) is 23.4 Å². The highest BCUT2D eigenvalue weighted by atomic mass is 35.5. The van der Waals surface area contributed by atoms with Gasteiger partial charge in [-0.1, -0.05) is 24.6 Å². The molecule has 1 N–H and O–H groups in total. The number of carboxylic acid groups (broad SMARTS) is 1. The summed E-state index contributed by atoms with van der Waals surface area (Å²) in [7, 11) is 0. The van der Waals surface area contributed by atoms with E-state index in [1.54, 1.807) is 24.3 Å². The number of aryl methyl sites for hydroxylation is 2. The number of rotatable bonds is 10. The zero-order valence-corrected chi connectivity index (χ0v) is 24.0. The molecule has 5 rings (SSSR count). The Kier molecular flexibility index (Phi) is 8.62. The lowest BCUT2D eigenvalue weighted by Crippen LogP contribution is -2.40. The predicted octanol–water partition coefficient (Wildman–Crippen LogP) is 6.16. The molecule has 1 amide bonds. The fraction of sp³-hybridized carbons (Fsp3) is 0.345. The summed E-state index contributed by atoms with van der Waals surface area (Å²) in [5.74, 6) is 1.16. The molecule has 0 bridgehead atoms. The highest BCUT2D eigenvalue weighted by Gasteiger charge is 2.32. The number of carbonyl (C=O) groups excluding carboxylic acids is 1. The topological polar surface area (TPSA) is 146 Å². The van der Waals surface area contributed by atoms with Crippen LogP contribution in [0, 0.1) is 13.8 Å². The molecule has 1 saturated heterocycles. The van der Waals surface area contributed by atoms with Crippen molar-refractivity contribution in [3.63, 3.8) is 0 Å².